The molecule has 0 aromatic heterocycles. The molecule has 2 atom stereocenters. The molecule has 2 aromatic carbocycles. The quantitative estimate of drug-likeness (QED) is 0.796. The lowest BCUT2D eigenvalue weighted by molar-refractivity contribution is 0.0200. The molecule has 0 aliphatic carbocycles. The summed E-state index contributed by atoms with van der Waals surface area (Å²) in [5.74, 6) is -0.414. The predicted octanol–water partition coefficient (Wildman–Crippen LogP) is 4.84. The number of anilines is 1. The maximum absolute atomic E-state index is 13.8. The van der Waals surface area contributed by atoms with Gasteiger partial charge in [-0.25, -0.2) is 9.18 Å². The zero-order chi connectivity index (χ0) is 19.5. The molecular formula is C23H28FN3O. The predicted molar refractivity (Wildman–Crippen MR) is 110 cm³/mol. The molecule has 2 N–H and O–H groups in total. The Bertz CT molecular complexity index is 809. The van der Waals surface area contributed by atoms with Crippen LogP contribution in [0.2, 0.25) is 0 Å². The number of carbonyl (C=O) groups is 1. The van der Waals surface area contributed by atoms with Gasteiger partial charge in [0.15, 0.2) is 0 Å². The molecule has 2 fully saturated rings. The zero-order valence-electron chi connectivity index (χ0n) is 16.3. The number of para-hydroxylation sites is 1. The van der Waals surface area contributed by atoms with Gasteiger partial charge in [-0.2, -0.15) is 0 Å². The number of hydrogen-bond donors (Lipinski definition) is 2. The van der Waals surface area contributed by atoms with Crippen molar-refractivity contribution in [3.63, 3.8) is 0 Å². The van der Waals surface area contributed by atoms with Crippen molar-refractivity contribution in [3.05, 3.63) is 65.5 Å². The number of benzene rings is 2. The summed E-state index contributed by atoms with van der Waals surface area (Å²) in [7, 11) is 0. The fourth-order valence-corrected chi connectivity index (χ4v) is 4.67. The van der Waals surface area contributed by atoms with E-state index in [4.69, 9.17) is 0 Å². The maximum Gasteiger partial charge on any atom is 0.319 e. The van der Waals surface area contributed by atoms with Crippen molar-refractivity contribution in [2.45, 2.75) is 63.7 Å². The van der Waals surface area contributed by atoms with Gasteiger partial charge < -0.3 is 10.6 Å². The summed E-state index contributed by atoms with van der Waals surface area (Å²) < 4.78 is 13.8. The number of urea groups is 1. The Balaban J connectivity index is 1.37. The molecule has 2 saturated heterocycles. The highest BCUT2D eigenvalue weighted by atomic mass is 19.1. The SMILES string of the molecule is Cc1ccc(CN2C3CCCC2CC(NC(=O)Nc2ccccc2F)C3)cc1. The summed E-state index contributed by atoms with van der Waals surface area (Å²) in [5, 5.41) is 5.71. The second-order valence-electron chi connectivity index (χ2n) is 8.14. The highest BCUT2D eigenvalue weighted by Crippen LogP contribution is 2.35. The molecule has 5 heteroatoms. The van der Waals surface area contributed by atoms with Gasteiger partial charge in [0.25, 0.3) is 0 Å². The average Bonchev–Trinajstić information content (AvgIpc) is 2.66. The number of halogens is 1. The molecule has 0 radical (unpaired) electrons. The fourth-order valence-electron chi connectivity index (χ4n) is 4.67. The van der Waals surface area contributed by atoms with E-state index in [0.29, 0.717) is 12.1 Å². The lowest BCUT2D eigenvalue weighted by Gasteiger charge is -2.49. The van der Waals surface area contributed by atoms with Crippen molar-refractivity contribution in [3.8, 4) is 0 Å². The van der Waals surface area contributed by atoms with Crippen LogP contribution in [0.1, 0.15) is 43.2 Å². The van der Waals surface area contributed by atoms with Crippen molar-refractivity contribution < 1.29 is 9.18 Å². The minimum absolute atomic E-state index is 0.136. The first kappa shape index (κ1) is 18.9. The number of nitrogens with one attached hydrogen (secondary N) is 2. The molecular weight excluding hydrogens is 353 g/mol. The molecule has 2 heterocycles. The maximum atomic E-state index is 13.8. The Hall–Kier alpha value is -2.40. The van der Waals surface area contributed by atoms with Gasteiger partial charge in [-0.3, -0.25) is 4.90 Å². The molecule has 0 saturated carbocycles. The first-order valence-electron chi connectivity index (χ1n) is 10.2. The number of aryl methyl sites for hydroxylation is 1. The zero-order valence-corrected chi connectivity index (χ0v) is 16.3. The van der Waals surface area contributed by atoms with Crippen LogP contribution in [0.15, 0.2) is 48.5 Å². The number of amides is 2. The highest BCUT2D eigenvalue weighted by molar-refractivity contribution is 5.89. The van der Waals surface area contributed by atoms with Gasteiger partial charge in [0.2, 0.25) is 0 Å². The molecule has 148 valence electrons. The Morgan fingerprint density at radius 3 is 2.43 bits per heavy atom. The third-order valence-corrected chi connectivity index (χ3v) is 6.07. The van der Waals surface area contributed by atoms with Gasteiger partial charge in [0, 0.05) is 24.7 Å². The summed E-state index contributed by atoms with van der Waals surface area (Å²) >= 11 is 0. The fraction of sp³-hybridized carbons (Fsp3) is 0.435. The molecule has 4 nitrogen and oxygen atoms in total. The second-order valence-corrected chi connectivity index (χ2v) is 8.14. The van der Waals surface area contributed by atoms with E-state index in [1.807, 2.05) is 0 Å². The summed E-state index contributed by atoms with van der Waals surface area (Å²) in [6, 6.07) is 15.8. The number of nitrogens with zero attached hydrogens (tertiary/aromatic N) is 1. The minimum atomic E-state index is -0.414. The molecule has 2 unspecified atom stereocenters. The summed E-state index contributed by atoms with van der Waals surface area (Å²) in [6.07, 6.45) is 5.51. The summed E-state index contributed by atoms with van der Waals surface area (Å²) in [6.45, 7) is 3.09. The lowest BCUT2D eigenvalue weighted by Crippen LogP contribution is -2.56. The van der Waals surface area contributed by atoms with Crippen molar-refractivity contribution >= 4 is 11.7 Å². The van der Waals surface area contributed by atoms with E-state index in [9.17, 15) is 9.18 Å². The molecule has 2 amide bonds. The van der Waals surface area contributed by atoms with Crippen molar-refractivity contribution in [1.29, 1.82) is 0 Å². The van der Waals surface area contributed by atoms with Gasteiger partial charge in [-0.15, -0.1) is 0 Å². The van der Waals surface area contributed by atoms with Crippen LogP contribution < -0.4 is 10.6 Å². The Kier molecular flexibility index (Phi) is 5.62. The van der Waals surface area contributed by atoms with Crippen molar-refractivity contribution in [2.75, 3.05) is 5.32 Å². The number of hydrogen-bond acceptors (Lipinski definition) is 2. The summed E-state index contributed by atoms with van der Waals surface area (Å²) in [5.41, 5.74) is 2.86. The third-order valence-electron chi connectivity index (χ3n) is 6.07. The smallest absolute Gasteiger partial charge is 0.319 e. The third kappa shape index (κ3) is 4.36. The van der Waals surface area contributed by atoms with Gasteiger partial charge in [-0.1, -0.05) is 48.4 Å². The number of fused-ring (bicyclic) bond motifs is 2. The van der Waals surface area contributed by atoms with Gasteiger partial charge in [0.1, 0.15) is 5.82 Å². The normalized spacial score (nSPS) is 24.6. The van der Waals surface area contributed by atoms with Crippen LogP contribution in [0.5, 0.6) is 0 Å². The first-order valence-corrected chi connectivity index (χ1v) is 10.2. The van der Waals surface area contributed by atoms with E-state index in [-0.39, 0.29) is 17.8 Å². The largest absolute Gasteiger partial charge is 0.335 e. The molecule has 2 aliphatic heterocycles. The lowest BCUT2D eigenvalue weighted by atomic mass is 9.81. The summed E-state index contributed by atoms with van der Waals surface area (Å²) in [4.78, 5) is 15.0. The minimum Gasteiger partial charge on any atom is -0.335 e. The number of rotatable bonds is 4. The average molecular weight is 381 g/mol. The molecule has 2 aliphatic rings. The van der Waals surface area contributed by atoms with Gasteiger partial charge >= 0.3 is 6.03 Å². The highest BCUT2D eigenvalue weighted by Gasteiger charge is 2.38. The van der Waals surface area contributed by atoms with Crippen LogP contribution in [0.4, 0.5) is 14.9 Å². The topological polar surface area (TPSA) is 44.4 Å². The van der Waals surface area contributed by atoms with E-state index in [0.717, 1.165) is 19.4 Å². The molecule has 2 bridgehead atoms. The molecule has 2 aromatic rings. The second kappa shape index (κ2) is 8.31. The Morgan fingerprint density at radius 1 is 1.07 bits per heavy atom. The Labute approximate surface area is 166 Å². The van der Waals surface area contributed by atoms with Crippen LogP contribution in [0, 0.1) is 12.7 Å². The van der Waals surface area contributed by atoms with Crippen LogP contribution in [0.3, 0.4) is 0 Å². The van der Waals surface area contributed by atoms with Crippen LogP contribution in [-0.2, 0) is 6.54 Å². The van der Waals surface area contributed by atoms with Crippen LogP contribution in [0.25, 0.3) is 0 Å². The standard InChI is InChI=1S/C23H28FN3O/c1-16-9-11-17(12-10-16)15-27-19-5-4-6-20(27)14-18(13-19)25-23(28)26-22-8-3-2-7-21(22)24/h2-3,7-12,18-20H,4-6,13-15H2,1H3,(H2,25,26,28). The van der Waals surface area contributed by atoms with E-state index in [2.05, 4.69) is 46.7 Å². The first-order chi connectivity index (χ1) is 13.6. The van der Waals surface area contributed by atoms with Crippen LogP contribution >= 0.6 is 0 Å². The van der Waals surface area contributed by atoms with E-state index in [1.54, 1.807) is 18.2 Å². The van der Waals surface area contributed by atoms with Crippen LogP contribution in [-0.4, -0.2) is 29.1 Å². The van der Waals surface area contributed by atoms with Gasteiger partial charge in [-0.05, 0) is 50.3 Å². The Morgan fingerprint density at radius 2 is 1.75 bits per heavy atom. The molecule has 4 rings (SSSR count). The van der Waals surface area contributed by atoms with E-state index in [1.165, 1.54) is 36.5 Å². The van der Waals surface area contributed by atoms with Crippen molar-refractivity contribution in [1.82, 2.24) is 10.2 Å². The molecule has 28 heavy (non-hydrogen) atoms. The number of carbonyl (C=O) groups excluding carboxylic acids is 1. The van der Waals surface area contributed by atoms with E-state index >= 15 is 0 Å². The van der Waals surface area contributed by atoms with Gasteiger partial charge in [0.05, 0.1) is 5.69 Å². The molecule has 0 spiro atoms. The van der Waals surface area contributed by atoms with E-state index < -0.39 is 5.82 Å². The number of piperidine rings is 2. The van der Waals surface area contributed by atoms with Crippen molar-refractivity contribution in [2.24, 2.45) is 0 Å². The monoisotopic (exact) mass is 381 g/mol.